The number of halogens is 1. The van der Waals surface area contributed by atoms with Gasteiger partial charge in [-0.1, -0.05) is 66.2 Å². The number of rotatable bonds is 4. The normalized spacial score (nSPS) is 10.3. The number of hydrogen-bond donors (Lipinski definition) is 1. The Morgan fingerprint density at radius 2 is 1.29 bits per heavy atom. The van der Waals surface area contributed by atoms with Gasteiger partial charge in [0.2, 0.25) is 0 Å². The van der Waals surface area contributed by atoms with Crippen LogP contribution in [0.15, 0.2) is 78.9 Å². The Balaban J connectivity index is 1.66. The van der Waals surface area contributed by atoms with Crippen molar-refractivity contribution >= 4 is 17.3 Å². The predicted molar refractivity (Wildman–Crippen MR) is 90.7 cm³/mol. The van der Waals surface area contributed by atoms with E-state index in [1.807, 2.05) is 30.3 Å². The Hall–Kier alpha value is -2.25. The van der Waals surface area contributed by atoms with E-state index >= 15 is 0 Å². The minimum Gasteiger partial charge on any atom is -0.381 e. The first kappa shape index (κ1) is 13.7. The molecule has 0 bridgehead atoms. The maximum absolute atomic E-state index is 5.88. The molecule has 0 atom stereocenters. The molecule has 104 valence electrons. The van der Waals surface area contributed by atoms with Gasteiger partial charge in [-0.2, -0.15) is 0 Å². The molecule has 0 amide bonds. The molecule has 3 aromatic carbocycles. The molecular weight excluding hydrogens is 278 g/mol. The molecule has 0 aliphatic heterocycles. The highest BCUT2D eigenvalue weighted by Gasteiger charge is 1.98. The fraction of sp³-hybridized carbons (Fsp3) is 0.0526. The second kappa shape index (κ2) is 6.47. The molecule has 21 heavy (non-hydrogen) atoms. The van der Waals surface area contributed by atoms with Crippen LogP contribution in [0.3, 0.4) is 0 Å². The molecular formula is C19H16ClN. The Morgan fingerprint density at radius 1 is 0.667 bits per heavy atom. The van der Waals surface area contributed by atoms with Crippen LogP contribution in [-0.2, 0) is 6.54 Å². The van der Waals surface area contributed by atoms with Gasteiger partial charge in [0.1, 0.15) is 0 Å². The fourth-order valence-corrected chi connectivity index (χ4v) is 2.34. The van der Waals surface area contributed by atoms with E-state index < -0.39 is 0 Å². The summed E-state index contributed by atoms with van der Waals surface area (Å²) in [5.41, 5.74) is 4.80. The maximum Gasteiger partial charge on any atom is 0.0406 e. The molecule has 3 aromatic rings. The molecule has 0 saturated carbocycles. The van der Waals surface area contributed by atoms with Gasteiger partial charge >= 0.3 is 0 Å². The molecule has 0 heterocycles. The third kappa shape index (κ3) is 3.65. The standard InChI is InChI=1S/C19H16ClN/c20-18-10-6-15(7-11-18)14-21-19-12-8-17(9-13-19)16-4-2-1-3-5-16/h1-13,21H,14H2. The lowest BCUT2D eigenvalue weighted by molar-refractivity contribution is 1.15. The zero-order chi connectivity index (χ0) is 14.5. The van der Waals surface area contributed by atoms with Crippen LogP contribution in [0, 0.1) is 0 Å². The summed E-state index contributed by atoms with van der Waals surface area (Å²) in [7, 11) is 0. The maximum atomic E-state index is 5.88. The smallest absolute Gasteiger partial charge is 0.0406 e. The van der Waals surface area contributed by atoms with Crippen molar-refractivity contribution in [3.05, 3.63) is 89.4 Å². The van der Waals surface area contributed by atoms with E-state index in [4.69, 9.17) is 11.6 Å². The predicted octanol–water partition coefficient (Wildman–Crippen LogP) is 5.62. The van der Waals surface area contributed by atoms with Crippen molar-refractivity contribution in [2.45, 2.75) is 6.54 Å². The molecule has 3 rings (SSSR count). The largest absolute Gasteiger partial charge is 0.381 e. The van der Waals surface area contributed by atoms with Gasteiger partial charge in [0.05, 0.1) is 0 Å². The van der Waals surface area contributed by atoms with Gasteiger partial charge < -0.3 is 5.32 Å². The van der Waals surface area contributed by atoms with Crippen molar-refractivity contribution in [2.24, 2.45) is 0 Å². The van der Waals surface area contributed by atoms with Crippen LogP contribution in [0.5, 0.6) is 0 Å². The monoisotopic (exact) mass is 293 g/mol. The van der Waals surface area contributed by atoms with E-state index in [1.165, 1.54) is 16.7 Å². The van der Waals surface area contributed by atoms with E-state index in [-0.39, 0.29) is 0 Å². The minimum atomic E-state index is 0.769. The SMILES string of the molecule is Clc1ccc(CNc2ccc(-c3ccccc3)cc2)cc1. The van der Waals surface area contributed by atoms with Gasteiger partial charge in [-0.3, -0.25) is 0 Å². The first-order valence-corrected chi connectivity index (χ1v) is 7.33. The van der Waals surface area contributed by atoms with Gasteiger partial charge in [-0.25, -0.2) is 0 Å². The molecule has 0 radical (unpaired) electrons. The van der Waals surface area contributed by atoms with Gasteiger partial charge in [-0.05, 0) is 41.0 Å². The molecule has 0 unspecified atom stereocenters. The van der Waals surface area contributed by atoms with E-state index in [1.54, 1.807) is 0 Å². The zero-order valence-electron chi connectivity index (χ0n) is 11.6. The van der Waals surface area contributed by atoms with Crippen LogP contribution < -0.4 is 5.32 Å². The summed E-state index contributed by atoms with van der Waals surface area (Å²) in [6.45, 7) is 0.794. The molecule has 0 saturated heterocycles. The number of nitrogens with one attached hydrogen (secondary N) is 1. The Labute approximate surface area is 130 Å². The Morgan fingerprint density at radius 3 is 1.95 bits per heavy atom. The van der Waals surface area contributed by atoms with Gasteiger partial charge in [0.25, 0.3) is 0 Å². The van der Waals surface area contributed by atoms with Gasteiger partial charge in [0.15, 0.2) is 0 Å². The minimum absolute atomic E-state index is 0.769. The first-order valence-electron chi connectivity index (χ1n) is 6.95. The molecule has 0 aromatic heterocycles. The average Bonchev–Trinajstić information content (AvgIpc) is 2.56. The molecule has 2 heteroatoms. The number of benzene rings is 3. The number of anilines is 1. The van der Waals surface area contributed by atoms with Crippen LogP contribution in [-0.4, -0.2) is 0 Å². The third-order valence-electron chi connectivity index (χ3n) is 3.40. The molecule has 1 N–H and O–H groups in total. The van der Waals surface area contributed by atoms with Crippen LogP contribution in [0.4, 0.5) is 5.69 Å². The highest BCUT2D eigenvalue weighted by atomic mass is 35.5. The van der Waals surface area contributed by atoms with Crippen molar-refractivity contribution in [3.63, 3.8) is 0 Å². The summed E-state index contributed by atoms with van der Waals surface area (Å²) in [5, 5.41) is 4.19. The van der Waals surface area contributed by atoms with Gasteiger partial charge in [0, 0.05) is 17.3 Å². The van der Waals surface area contributed by atoms with Crippen molar-refractivity contribution in [1.82, 2.24) is 0 Å². The quantitative estimate of drug-likeness (QED) is 0.658. The van der Waals surface area contributed by atoms with E-state index in [9.17, 15) is 0 Å². The lowest BCUT2D eigenvalue weighted by Crippen LogP contribution is -1.98. The van der Waals surface area contributed by atoms with E-state index in [2.05, 4.69) is 53.8 Å². The lowest BCUT2D eigenvalue weighted by Gasteiger charge is -2.08. The lowest BCUT2D eigenvalue weighted by atomic mass is 10.1. The zero-order valence-corrected chi connectivity index (χ0v) is 12.3. The summed E-state index contributed by atoms with van der Waals surface area (Å²) in [4.78, 5) is 0. The van der Waals surface area contributed by atoms with Crippen LogP contribution in [0.2, 0.25) is 5.02 Å². The molecule has 0 spiro atoms. The molecule has 0 aliphatic rings. The second-order valence-corrected chi connectivity index (χ2v) is 5.36. The molecule has 1 nitrogen and oxygen atoms in total. The van der Waals surface area contributed by atoms with Crippen molar-refractivity contribution in [1.29, 1.82) is 0 Å². The molecule has 0 fully saturated rings. The second-order valence-electron chi connectivity index (χ2n) is 4.92. The third-order valence-corrected chi connectivity index (χ3v) is 3.65. The highest BCUT2D eigenvalue weighted by molar-refractivity contribution is 6.30. The number of hydrogen-bond acceptors (Lipinski definition) is 1. The first-order chi connectivity index (χ1) is 10.3. The Bertz CT molecular complexity index is 688. The summed E-state index contributed by atoms with van der Waals surface area (Å²) in [5.74, 6) is 0. The van der Waals surface area contributed by atoms with Crippen LogP contribution >= 0.6 is 11.6 Å². The van der Waals surface area contributed by atoms with Crippen molar-refractivity contribution in [3.8, 4) is 11.1 Å². The summed E-state index contributed by atoms with van der Waals surface area (Å²) in [6.07, 6.45) is 0. The van der Waals surface area contributed by atoms with Crippen LogP contribution in [0.1, 0.15) is 5.56 Å². The summed E-state index contributed by atoms with van der Waals surface area (Å²) < 4.78 is 0. The summed E-state index contributed by atoms with van der Waals surface area (Å²) >= 11 is 5.88. The van der Waals surface area contributed by atoms with E-state index in [0.717, 1.165) is 17.3 Å². The average molecular weight is 294 g/mol. The van der Waals surface area contributed by atoms with Crippen molar-refractivity contribution < 1.29 is 0 Å². The van der Waals surface area contributed by atoms with Crippen LogP contribution in [0.25, 0.3) is 11.1 Å². The van der Waals surface area contributed by atoms with Gasteiger partial charge in [-0.15, -0.1) is 0 Å². The highest BCUT2D eigenvalue weighted by Crippen LogP contribution is 2.21. The topological polar surface area (TPSA) is 12.0 Å². The van der Waals surface area contributed by atoms with Crippen molar-refractivity contribution in [2.75, 3.05) is 5.32 Å². The fourth-order valence-electron chi connectivity index (χ4n) is 2.22. The Kier molecular flexibility index (Phi) is 4.23. The molecule has 0 aliphatic carbocycles. The summed E-state index contributed by atoms with van der Waals surface area (Å²) in [6, 6.07) is 26.8. The van der Waals surface area contributed by atoms with E-state index in [0.29, 0.717) is 0 Å².